The van der Waals surface area contributed by atoms with Gasteiger partial charge in [-0.1, -0.05) is 0 Å². The van der Waals surface area contributed by atoms with Crippen molar-refractivity contribution in [3.8, 4) is 0 Å². The van der Waals surface area contributed by atoms with Gasteiger partial charge in [0.2, 0.25) is 10.0 Å². The lowest BCUT2D eigenvalue weighted by Crippen LogP contribution is -2.22. The highest BCUT2D eigenvalue weighted by atomic mass is 32.2. The molecule has 1 aromatic heterocycles. The van der Waals surface area contributed by atoms with Crippen LogP contribution in [0.15, 0.2) is 12.5 Å². The lowest BCUT2D eigenvalue weighted by molar-refractivity contribution is 0.592. The molecule has 0 fully saturated rings. The minimum atomic E-state index is -3.24. The summed E-state index contributed by atoms with van der Waals surface area (Å²) in [6.07, 6.45) is 2.83. The SMILES string of the molecule is CC(C)S(=O)(=O)Nc1cnc[nH]1. The molecule has 1 rings (SSSR count). The number of imidazole rings is 1. The van der Waals surface area contributed by atoms with Gasteiger partial charge in [-0.2, -0.15) is 0 Å². The fourth-order valence-electron chi connectivity index (χ4n) is 0.583. The fourth-order valence-corrected chi connectivity index (χ4v) is 1.24. The first-order valence-corrected chi connectivity index (χ1v) is 5.07. The second-order valence-corrected chi connectivity index (χ2v) is 4.90. The Balaban J connectivity index is 2.77. The summed E-state index contributed by atoms with van der Waals surface area (Å²) >= 11 is 0. The first-order valence-electron chi connectivity index (χ1n) is 3.52. The van der Waals surface area contributed by atoms with E-state index in [9.17, 15) is 8.42 Å². The van der Waals surface area contributed by atoms with Crippen LogP contribution in [0.2, 0.25) is 0 Å². The molecule has 0 saturated carbocycles. The first-order chi connectivity index (χ1) is 5.52. The van der Waals surface area contributed by atoms with E-state index in [1.54, 1.807) is 13.8 Å². The van der Waals surface area contributed by atoms with Crippen molar-refractivity contribution in [1.82, 2.24) is 9.97 Å². The number of hydrogen-bond acceptors (Lipinski definition) is 3. The normalized spacial score (nSPS) is 11.9. The van der Waals surface area contributed by atoms with Crippen molar-refractivity contribution in [3.63, 3.8) is 0 Å². The van der Waals surface area contributed by atoms with Crippen LogP contribution in [0.3, 0.4) is 0 Å². The predicted molar refractivity (Wildman–Crippen MR) is 46.3 cm³/mol. The lowest BCUT2D eigenvalue weighted by atomic mass is 10.6. The molecule has 0 amide bonds. The van der Waals surface area contributed by atoms with E-state index >= 15 is 0 Å². The predicted octanol–water partition coefficient (Wildman–Crippen LogP) is 0.560. The summed E-state index contributed by atoms with van der Waals surface area (Å²) < 4.78 is 24.8. The van der Waals surface area contributed by atoms with Crippen molar-refractivity contribution in [2.24, 2.45) is 0 Å². The maximum Gasteiger partial charge on any atom is 0.236 e. The van der Waals surface area contributed by atoms with Crippen LogP contribution in [-0.4, -0.2) is 23.6 Å². The van der Waals surface area contributed by atoms with E-state index in [-0.39, 0.29) is 0 Å². The Morgan fingerprint density at radius 2 is 2.25 bits per heavy atom. The first kappa shape index (κ1) is 9.05. The molecule has 0 spiro atoms. The van der Waals surface area contributed by atoms with Gasteiger partial charge in [-0.25, -0.2) is 13.4 Å². The number of hydrogen-bond donors (Lipinski definition) is 2. The molecule has 0 unspecified atom stereocenters. The second kappa shape index (κ2) is 3.14. The molecule has 1 heterocycles. The van der Waals surface area contributed by atoms with Gasteiger partial charge in [0.1, 0.15) is 5.82 Å². The molecule has 5 nitrogen and oxygen atoms in total. The van der Waals surface area contributed by atoms with Crippen LogP contribution in [0.5, 0.6) is 0 Å². The summed E-state index contributed by atoms with van der Waals surface area (Å²) in [7, 11) is -3.24. The van der Waals surface area contributed by atoms with E-state index < -0.39 is 15.3 Å². The highest BCUT2D eigenvalue weighted by molar-refractivity contribution is 7.93. The van der Waals surface area contributed by atoms with E-state index in [0.717, 1.165) is 0 Å². The molecule has 0 aromatic carbocycles. The number of nitrogens with zero attached hydrogens (tertiary/aromatic N) is 1. The van der Waals surface area contributed by atoms with E-state index in [1.165, 1.54) is 12.5 Å². The van der Waals surface area contributed by atoms with Gasteiger partial charge in [0, 0.05) is 0 Å². The molecular weight excluding hydrogens is 178 g/mol. The third kappa shape index (κ3) is 1.97. The van der Waals surface area contributed by atoms with Gasteiger partial charge < -0.3 is 4.98 Å². The highest BCUT2D eigenvalue weighted by Gasteiger charge is 2.15. The minimum Gasteiger partial charge on any atom is -0.331 e. The summed E-state index contributed by atoms with van der Waals surface area (Å²) in [5.74, 6) is 0.392. The van der Waals surface area contributed by atoms with Crippen molar-refractivity contribution < 1.29 is 8.42 Å². The van der Waals surface area contributed by atoms with E-state index in [2.05, 4.69) is 14.7 Å². The summed E-state index contributed by atoms with van der Waals surface area (Å²) in [5.41, 5.74) is 0. The van der Waals surface area contributed by atoms with Crippen molar-refractivity contribution in [2.75, 3.05) is 4.72 Å². The Hall–Kier alpha value is -1.04. The Labute approximate surface area is 71.3 Å². The number of nitrogens with one attached hydrogen (secondary N) is 2. The van der Waals surface area contributed by atoms with Crippen LogP contribution in [-0.2, 0) is 10.0 Å². The quantitative estimate of drug-likeness (QED) is 0.729. The van der Waals surface area contributed by atoms with E-state index in [0.29, 0.717) is 5.82 Å². The zero-order valence-electron chi connectivity index (χ0n) is 6.90. The van der Waals surface area contributed by atoms with Gasteiger partial charge in [-0.05, 0) is 13.8 Å². The Kier molecular flexibility index (Phi) is 2.37. The van der Waals surface area contributed by atoms with Crippen LogP contribution in [0.4, 0.5) is 5.82 Å². The molecular formula is C6H11N3O2S. The van der Waals surface area contributed by atoms with Gasteiger partial charge >= 0.3 is 0 Å². The molecule has 0 radical (unpaired) electrons. The minimum absolute atomic E-state index is 0.392. The molecule has 0 aliphatic heterocycles. The summed E-state index contributed by atoms with van der Waals surface area (Å²) in [6.45, 7) is 3.22. The van der Waals surface area contributed by atoms with Crippen LogP contribution in [0.1, 0.15) is 13.8 Å². The number of sulfonamides is 1. The van der Waals surface area contributed by atoms with Crippen molar-refractivity contribution in [1.29, 1.82) is 0 Å². The molecule has 0 bridgehead atoms. The summed E-state index contributed by atoms with van der Waals surface area (Å²) in [4.78, 5) is 6.33. The third-order valence-corrected chi connectivity index (χ3v) is 3.12. The molecule has 0 aliphatic carbocycles. The average Bonchev–Trinajstić information content (AvgIpc) is 2.38. The van der Waals surface area contributed by atoms with Crippen molar-refractivity contribution >= 4 is 15.8 Å². The molecule has 12 heavy (non-hydrogen) atoms. The Bertz CT molecular complexity index is 328. The molecule has 0 saturated heterocycles. The highest BCUT2D eigenvalue weighted by Crippen LogP contribution is 2.06. The average molecular weight is 189 g/mol. The number of aromatic amines is 1. The van der Waals surface area contributed by atoms with Crippen LogP contribution in [0, 0.1) is 0 Å². The molecule has 2 N–H and O–H groups in total. The second-order valence-electron chi connectivity index (χ2n) is 2.66. The standard InChI is InChI=1S/C6H11N3O2S/c1-5(2)12(10,11)9-6-3-7-4-8-6/h3-5,9H,1-2H3,(H,7,8). The smallest absolute Gasteiger partial charge is 0.236 e. The lowest BCUT2D eigenvalue weighted by Gasteiger charge is -2.07. The topological polar surface area (TPSA) is 74.8 Å². The molecule has 0 aliphatic rings. The van der Waals surface area contributed by atoms with Gasteiger partial charge in [-0.15, -0.1) is 0 Å². The number of aromatic nitrogens is 2. The van der Waals surface area contributed by atoms with Gasteiger partial charge in [0.25, 0.3) is 0 Å². The maximum absolute atomic E-state index is 11.2. The number of H-pyrrole nitrogens is 1. The summed E-state index contributed by atoms with van der Waals surface area (Å²) in [5, 5.41) is -0.444. The van der Waals surface area contributed by atoms with Crippen molar-refractivity contribution in [2.45, 2.75) is 19.1 Å². The van der Waals surface area contributed by atoms with Crippen LogP contribution >= 0.6 is 0 Å². The zero-order chi connectivity index (χ0) is 9.19. The Morgan fingerprint density at radius 1 is 1.58 bits per heavy atom. The van der Waals surface area contributed by atoms with Crippen LogP contribution in [0.25, 0.3) is 0 Å². The molecule has 6 heteroatoms. The van der Waals surface area contributed by atoms with Crippen LogP contribution < -0.4 is 4.72 Å². The molecule has 68 valence electrons. The monoisotopic (exact) mass is 189 g/mol. The summed E-state index contributed by atoms with van der Waals surface area (Å²) in [6, 6.07) is 0. The molecule has 0 atom stereocenters. The fraction of sp³-hybridized carbons (Fsp3) is 0.500. The number of anilines is 1. The van der Waals surface area contributed by atoms with E-state index in [1.807, 2.05) is 0 Å². The Morgan fingerprint density at radius 3 is 2.67 bits per heavy atom. The number of rotatable bonds is 3. The third-order valence-electron chi connectivity index (χ3n) is 1.37. The van der Waals surface area contributed by atoms with Gasteiger partial charge in [0.05, 0.1) is 17.8 Å². The van der Waals surface area contributed by atoms with E-state index in [4.69, 9.17) is 0 Å². The van der Waals surface area contributed by atoms with Gasteiger partial charge in [0.15, 0.2) is 0 Å². The van der Waals surface area contributed by atoms with Gasteiger partial charge in [-0.3, -0.25) is 4.72 Å². The largest absolute Gasteiger partial charge is 0.331 e. The van der Waals surface area contributed by atoms with Crippen molar-refractivity contribution in [3.05, 3.63) is 12.5 Å². The molecule has 1 aromatic rings. The maximum atomic E-state index is 11.2. The zero-order valence-corrected chi connectivity index (χ0v) is 7.72.